The first kappa shape index (κ1) is 44.6. The number of anilines is 7. The number of rotatable bonds is 14. The van der Waals surface area contributed by atoms with Gasteiger partial charge in [-0.25, -0.2) is 4.99 Å². The van der Waals surface area contributed by atoms with Gasteiger partial charge in [0, 0.05) is 41.3 Å². The van der Waals surface area contributed by atoms with E-state index in [-0.39, 0.29) is 39.9 Å². The molecular weight excluding hydrogens is 875 g/mol. The third-order valence-corrected chi connectivity index (χ3v) is 12.3. The summed E-state index contributed by atoms with van der Waals surface area (Å²) in [5.74, 6) is -0.417. The first-order valence-electron chi connectivity index (χ1n) is 20.4. The Balaban J connectivity index is 0.830. The van der Waals surface area contributed by atoms with Crippen molar-refractivity contribution in [1.29, 1.82) is 0 Å². The number of para-hydroxylation sites is 1. The lowest BCUT2D eigenvalue weighted by Crippen LogP contribution is -2.05. The largest absolute Gasteiger partial charge is 0.508 e. The van der Waals surface area contributed by atoms with Crippen LogP contribution in [-0.2, 0) is 33.1 Å². The van der Waals surface area contributed by atoms with E-state index in [0.29, 0.717) is 23.4 Å². The van der Waals surface area contributed by atoms with Crippen molar-refractivity contribution in [3.63, 3.8) is 0 Å². The molecule has 13 nitrogen and oxygen atoms in total. The molecule has 0 aliphatic heterocycles. The molecular formula is C51H43N5O8S2. The minimum absolute atomic E-state index is 0.00585. The second-order valence-electron chi connectivity index (χ2n) is 15.5. The van der Waals surface area contributed by atoms with E-state index in [1.807, 2.05) is 115 Å². The van der Waals surface area contributed by atoms with Crippen LogP contribution in [0.15, 0.2) is 196 Å². The molecule has 332 valence electrons. The van der Waals surface area contributed by atoms with Gasteiger partial charge in [-0.2, -0.15) is 16.8 Å². The van der Waals surface area contributed by atoms with Crippen molar-refractivity contribution in [1.82, 2.24) is 0 Å². The third-order valence-electron chi connectivity index (χ3n) is 10.5. The van der Waals surface area contributed by atoms with E-state index in [2.05, 4.69) is 22.0 Å². The Hall–Kier alpha value is -7.95. The van der Waals surface area contributed by atoms with E-state index in [1.165, 1.54) is 12.1 Å². The van der Waals surface area contributed by atoms with Crippen molar-refractivity contribution >= 4 is 77.5 Å². The summed E-state index contributed by atoms with van der Waals surface area (Å²) in [6.07, 6.45) is 10.9. The SMILES string of the molecule is Nc1cc(S(=O)(=O)O)c(Nc2ccc(Cc3ccc(N=C4C=CC(=Cc5ccc(Nc6ccc(Cc7cc(S(=O)(=O)O)c(Nc8ccccc8)cc7O)cc6)cc5)C=C4)cc3)cc2)cc1O. The van der Waals surface area contributed by atoms with Crippen molar-refractivity contribution in [3.05, 3.63) is 209 Å². The lowest BCUT2D eigenvalue weighted by atomic mass is 10.0. The molecule has 0 heterocycles. The Kier molecular flexibility index (Phi) is 12.9. The molecule has 1 aliphatic carbocycles. The number of phenols is 2. The topological polar surface area (TPSA) is 224 Å². The van der Waals surface area contributed by atoms with Gasteiger partial charge in [0.15, 0.2) is 0 Å². The minimum atomic E-state index is -4.59. The molecule has 0 spiro atoms. The van der Waals surface area contributed by atoms with Crippen LogP contribution in [0.25, 0.3) is 6.08 Å². The van der Waals surface area contributed by atoms with Crippen molar-refractivity contribution in [2.24, 2.45) is 4.99 Å². The van der Waals surface area contributed by atoms with E-state index in [1.54, 1.807) is 36.4 Å². The highest BCUT2D eigenvalue weighted by Crippen LogP contribution is 2.35. The second-order valence-corrected chi connectivity index (χ2v) is 18.2. The summed E-state index contributed by atoms with van der Waals surface area (Å²) < 4.78 is 67.8. The average molecular weight is 918 g/mol. The number of allylic oxidation sites excluding steroid dienone is 5. The summed E-state index contributed by atoms with van der Waals surface area (Å²) >= 11 is 0. The van der Waals surface area contributed by atoms with E-state index < -0.39 is 25.1 Å². The van der Waals surface area contributed by atoms with Crippen LogP contribution in [0.4, 0.5) is 45.5 Å². The van der Waals surface area contributed by atoms with Gasteiger partial charge in [-0.3, -0.25) is 9.11 Å². The van der Waals surface area contributed by atoms with E-state index in [9.17, 15) is 36.2 Å². The van der Waals surface area contributed by atoms with E-state index in [4.69, 9.17) is 10.7 Å². The van der Waals surface area contributed by atoms with Crippen LogP contribution in [0.3, 0.4) is 0 Å². The van der Waals surface area contributed by atoms with Crippen molar-refractivity contribution in [2.75, 3.05) is 21.7 Å². The van der Waals surface area contributed by atoms with Crippen LogP contribution in [-0.4, -0.2) is 41.9 Å². The molecule has 0 saturated carbocycles. The molecule has 7 aromatic carbocycles. The molecule has 0 bridgehead atoms. The zero-order valence-electron chi connectivity index (χ0n) is 35.0. The van der Waals surface area contributed by atoms with Gasteiger partial charge in [0.05, 0.1) is 28.5 Å². The Morgan fingerprint density at radius 3 is 1.55 bits per heavy atom. The van der Waals surface area contributed by atoms with Crippen LogP contribution < -0.4 is 21.7 Å². The predicted octanol–water partition coefficient (Wildman–Crippen LogP) is 10.9. The number of aliphatic imine (C=N–C) groups is 1. The predicted molar refractivity (Wildman–Crippen MR) is 261 cm³/mol. The molecule has 66 heavy (non-hydrogen) atoms. The molecule has 9 N–H and O–H groups in total. The van der Waals surface area contributed by atoms with Crippen molar-refractivity contribution < 1.29 is 36.2 Å². The molecule has 0 radical (unpaired) electrons. The van der Waals surface area contributed by atoms with E-state index in [0.717, 1.165) is 62.7 Å². The van der Waals surface area contributed by atoms with E-state index >= 15 is 0 Å². The number of hydrogen-bond donors (Lipinski definition) is 8. The van der Waals surface area contributed by atoms with Gasteiger partial charge >= 0.3 is 0 Å². The highest BCUT2D eigenvalue weighted by molar-refractivity contribution is 7.86. The maximum atomic E-state index is 12.3. The summed E-state index contributed by atoms with van der Waals surface area (Å²) in [4.78, 5) is 4.00. The summed E-state index contributed by atoms with van der Waals surface area (Å²) in [6.45, 7) is 0. The van der Waals surface area contributed by atoms with Crippen LogP contribution >= 0.6 is 0 Å². The highest BCUT2D eigenvalue weighted by atomic mass is 32.2. The molecule has 15 heteroatoms. The molecule has 1 aliphatic rings. The zero-order valence-corrected chi connectivity index (χ0v) is 36.6. The van der Waals surface area contributed by atoms with Crippen molar-refractivity contribution in [2.45, 2.75) is 22.6 Å². The van der Waals surface area contributed by atoms with Gasteiger partial charge in [0.25, 0.3) is 20.2 Å². The first-order valence-corrected chi connectivity index (χ1v) is 23.3. The number of aromatic hydroxyl groups is 2. The molecule has 0 atom stereocenters. The van der Waals surface area contributed by atoms with Gasteiger partial charge in [-0.05, 0) is 131 Å². The monoisotopic (exact) mass is 917 g/mol. The van der Waals surface area contributed by atoms with Gasteiger partial charge in [-0.1, -0.05) is 78.9 Å². The fraction of sp³-hybridized carbons (Fsp3) is 0.0392. The van der Waals surface area contributed by atoms with Crippen LogP contribution in [0.2, 0.25) is 0 Å². The third kappa shape index (κ3) is 11.4. The number of benzene rings is 7. The fourth-order valence-electron chi connectivity index (χ4n) is 7.16. The van der Waals surface area contributed by atoms with Crippen molar-refractivity contribution in [3.8, 4) is 11.5 Å². The van der Waals surface area contributed by atoms with Crippen LogP contribution in [0.1, 0.15) is 27.8 Å². The Bertz CT molecular complexity index is 3250. The number of nitrogen functional groups attached to an aromatic ring is 1. The molecule has 0 aromatic heterocycles. The maximum Gasteiger partial charge on any atom is 0.296 e. The summed E-state index contributed by atoms with van der Waals surface area (Å²) in [6, 6.07) is 44.5. The fourth-order valence-corrected chi connectivity index (χ4v) is 8.51. The number of nitrogens with zero attached hydrogens (tertiary/aromatic N) is 1. The second kappa shape index (κ2) is 19.0. The maximum absolute atomic E-state index is 12.3. The Morgan fingerprint density at radius 1 is 0.515 bits per heavy atom. The zero-order chi connectivity index (χ0) is 46.4. The lowest BCUT2D eigenvalue weighted by Gasteiger charge is -2.14. The standard InChI is InChI=1S/C51H43N5O8S2/c52-45-30-51(66(62,63)64)47(32-49(45)58)56-44-24-12-36(13-25-44)27-35-10-18-41(19-11-35)53-40-16-6-33(7-17-40)26-34-8-20-42(21-9-34)54-43-22-14-37(15-23-43)28-38-29-50(65(59,60)61)46(31-48(38)57)55-39-4-2-1-3-5-39/h1-26,29-32,54-58H,27-28,52H2,(H,59,60,61)(H,62,63,64). The average Bonchev–Trinajstić information content (AvgIpc) is 3.28. The van der Waals surface area contributed by atoms with Crippen LogP contribution in [0, 0.1) is 0 Å². The lowest BCUT2D eigenvalue weighted by molar-refractivity contribution is 0.467. The summed E-state index contributed by atoms with van der Waals surface area (Å²) in [7, 11) is -9.17. The number of hydrogen-bond acceptors (Lipinski definition) is 11. The molecule has 7 aromatic rings. The summed E-state index contributed by atoms with van der Waals surface area (Å²) in [5.41, 5.74) is 15.3. The normalized spacial score (nSPS) is 12.5. The van der Waals surface area contributed by atoms with Crippen LogP contribution in [0.5, 0.6) is 11.5 Å². The molecule has 8 rings (SSSR count). The minimum Gasteiger partial charge on any atom is -0.508 e. The van der Waals surface area contributed by atoms with Gasteiger partial charge in [0.1, 0.15) is 21.3 Å². The quantitative estimate of drug-likeness (QED) is 0.0290. The van der Waals surface area contributed by atoms with Gasteiger partial charge in [-0.15, -0.1) is 0 Å². The summed E-state index contributed by atoms with van der Waals surface area (Å²) in [5, 5.41) is 30.0. The Labute approximate surface area is 382 Å². The smallest absolute Gasteiger partial charge is 0.296 e. The highest BCUT2D eigenvalue weighted by Gasteiger charge is 2.21. The van der Waals surface area contributed by atoms with Gasteiger partial charge < -0.3 is 31.9 Å². The molecule has 0 saturated heterocycles. The molecule has 0 unspecified atom stereocenters. The molecule has 0 amide bonds. The molecule has 0 fully saturated rings. The number of nitrogens with two attached hydrogens (primary N) is 1. The first-order chi connectivity index (χ1) is 31.6. The number of phenolic OH excluding ortho intramolecular Hbond substituents is 2. The number of nitrogens with one attached hydrogen (secondary N) is 3. The Morgan fingerprint density at radius 2 is 0.985 bits per heavy atom. The van der Waals surface area contributed by atoms with Gasteiger partial charge in [0.2, 0.25) is 0 Å².